The molecule has 2 fully saturated rings. The monoisotopic (exact) mass is 196 g/mol. The molecule has 1 aliphatic heterocycles. The van der Waals surface area contributed by atoms with Crippen LogP contribution in [0.5, 0.6) is 0 Å². The van der Waals surface area contributed by atoms with E-state index in [1.807, 2.05) is 4.90 Å². The van der Waals surface area contributed by atoms with Crippen molar-refractivity contribution in [2.45, 2.75) is 39.2 Å². The molecular formula is C11H20N2O. The zero-order chi connectivity index (χ0) is 10.3. The number of carbonyl (C=O) groups excluding carboxylic acids is 1. The lowest BCUT2D eigenvalue weighted by Gasteiger charge is -2.21. The van der Waals surface area contributed by atoms with Gasteiger partial charge >= 0.3 is 0 Å². The highest BCUT2D eigenvalue weighted by molar-refractivity contribution is 5.77. The van der Waals surface area contributed by atoms with Gasteiger partial charge in [0.1, 0.15) is 0 Å². The average Bonchev–Trinajstić information content (AvgIpc) is 2.81. The Balaban J connectivity index is 1.90. The maximum Gasteiger partial charge on any atom is 0.222 e. The van der Waals surface area contributed by atoms with E-state index in [1.54, 1.807) is 0 Å². The number of rotatable bonds is 2. The second-order valence-electron chi connectivity index (χ2n) is 5.52. The summed E-state index contributed by atoms with van der Waals surface area (Å²) in [6, 6.07) is 0.144. The molecule has 1 unspecified atom stereocenters. The largest absolute Gasteiger partial charge is 0.341 e. The Hall–Kier alpha value is -0.570. The quantitative estimate of drug-likeness (QED) is 0.715. The minimum atomic E-state index is 0.0964. The minimum absolute atomic E-state index is 0.0964. The van der Waals surface area contributed by atoms with E-state index in [0.717, 1.165) is 19.5 Å². The summed E-state index contributed by atoms with van der Waals surface area (Å²) in [7, 11) is 0. The highest BCUT2D eigenvalue weighted by Gasteiger charge is 2.39. The Morgan fingerprint density at radius 2 is 2.14 bits per heavy atom. The number of nitrogens with zero attached hydrogens (tertiary/aromatic N) is 1. The molecule has 14 heavy (non-hydrogen) atoms. The SMILES string of the molecule is CC1(C)CN(C(=O)CC2CC2)CC1N. The van der Waals surface area contributed by atoms with Crippen molar-refractivity contribution in [3.63, 3.8) is 0 Å². The van der Waals surface area contributed by atoms with Crippen LogP contribution in [0.2, 0.25) is 0 Å². The van der Waals surface area contributed by atoms with E-state index >= 15 is 0 Å². The zero-order valence-electron chi connectivity index (χ0n) is 9.12. The highest BCUT2D eigenvalue weighted by atomic mass is 16.2. The Kier molecular flexibility index (Phi) is 2.30. The third-order valence-electron chi connectivity index (χ3n) is 3.53. The summed E-state index contributed by atoms with van der Waals surface area (Å²) in [5.74, 6) is 0.996. The first kappa shape index (κ1) is 9.97. The lowest BCUT2D eigenvalue weighted by atomic mass is 9.89. The van der Waals surface area contributed by atoms with Gasteiger partial charge in [-0.2, -0.15) is 0 Å². The molecule has 1 saturated carbocycles. The number of hydrogen-bond donors (Lipinski definition) is 1. The molecule has 0 bridgehead atoms. The van der Waals surface area contributed by atoms with Gasteiger partial charge < -0.3 is 10.6 Å². The van der Waals surface area contributed by atoms with E-state index in [4.69, 9.17) is 5.73 Å². The fraction of sp³-hybridized carbons (Fsp3) is 0.909. The first-order chi connectivity index (χ1) is 6.49. The zero-order valence-corrected chi connectivity index (χ0v) is 9.12. The van der Waals surface area contributed by atoms with Crippen LogP contribution >= 0.6 is 0 Å². The average molecular weight is 196 g/mol. The Bertz CT molecular complexity index is 246. The van der Waals surface area contributed by atoms with Crippen LogP contribution in [-0.2, 0) is 4.79 Å². The summed E-state index contributed by atoms with van der Waals surface area (Å²) in [6.45, 7) is 5.86. The molecule has 1 aliphatic carbocycles. The van der Waals surface area contributed by atoms with Crippen LogP contribution in [0.25, 0.3) is 0 Å². The highest BCUT2D eigenvalue weighted by Crippen LogP contribution is 2.35. The van der Waals surface area contributed by atoms with Crippen LogP contribution in [-0.4, -0.2) is 29.9 Å². The van der Waals surface area contributed by atoms with Crippen LogP contribution in [0.4, 0.5) is 0 Å². The predicted molar refractivity (Wildman–Crippen MR) is 55.7 cm³/mol. The summed E-state index contributed by atoms with van der Waals surface area (Å²) in [4.78, 5) is 13.7. The first-order valence-corrected chi connectivity index (χ1v) is 5.52. The van der Waals surface area contributed by atoms with Gasteiger partial charge in [0, 0.05) is 25.6 Å². The van der Waals surface area contributed by atoms with E-state index < -0.39 is 0 Å². The van der Waals surface area contributed by atoms with Crippen LogP contribution in [0.1, 0.15) is 33.1 Å². The molecule has 2 N–H and O–H groups in total. The molecule has 0 spiro atoms. The number of likely N-dealkylation sites (tertiary alicyclic amines) is 1. The van der Waals surface area contributed by atoms with Gasteiger partial charge in [-0.25, -0.2) is 0 Å². The van der Waals surface area contributed by atoms with Gasteiger partial charge in [-0.15, -0.1) is 0 Å². The van der Waals surface area contributed by atoms with Crippen LogP contribution in [0, 0.1) is 11.3 Å². The second-order valence-corrected chi connectivity index (χ2v) is 5.52. The van der Waals surface area contributed by atoms with E-state index in [-0.39, 0.29) is 11.5 Å². The molecule has 0 aromatic rings. The van der Waals surface area contributed by atoms with Crippen molar-refractivity contribution in [3.8, 4) is 0 Å². The lowest BCUT2D eigenvalue weighted by Crippen LogP contribution is -2.35. The summed E-state index contributed by atoms with van der Waals surface area (Å²) in [6.07, 6.45) is 3.24. The summed E-state index contributed by atoms with van der Waals surface area (Å²) < 4.78 is 0. The fourth-order valence-corrected chi connectivity index (χ4v) is 2.05. The Morgan fingerprint density at radius 1 is 1.50 bits per heavy atom. The Labute approximate surface area is 85.6 Å². The molecule has 80 valence electrons. The normalized spacial score (nSPS) is 30.8. The van der Waals surface area contributed by atoms with Gasteiger partial charge in [0.15, 0.2) is 0 Å². The minimum Gasteiger partial charge on any atom is -0.341 e. The lowest BCUT2D eigenvalue weighted by molar-refractivity contribution is -0.130. The molecule has 1 heterocycles. The van der Waals surface area contributed by atoms with Crippen LogP contribution in [0.15, 0.2) is 0 Å². The van der Waals surface area contributed by atoms with Crippen molar-refractivity contribution in [1.82, 2.24) is 4.90 Å². The topological polar surface area (TPSA) is 46.3 Å². The smallest absolute Gasteiger partial charge is 0.222 e. The molecule has 2 rings (SSSR count). The second kappa shape index (κ2) is 3.23. The number of carbonyl (C=O) groups is 1. The van der Waals surface area contributed by atoms with Gasteiger partial charge in [0.25, 0.3) is 0 Å². The van der Waals surface area contributed by atoms with E-state index in [2.05, 4.69) is 13.8 Å². The van der Waals surface area contributed by atoms with E-state index in [1.165, 1.54) is 12.8 Å². The number of amides is 1. The third-order valence-corrected chi connectivity index (χ3v) is 3.53. The summed E-state index contributed by atoms with van der Waals surface area (Å²) in [5.41, 5.74) is 6.09. The molecule has 0 radical (unpaired) electrons. The maximum absolute atomic E-state index is 11.8. The maximum atomic E-state index is 11.8. The van der Waals surface area contributed by atoms with Crippen molar-refractivity contribution in [2.75, 3.05) is 13.1 Å². The predicted octanol–water partition coefficient (Wildman–Crippen LogP) is 0.982. The third kappa shape index (κ3) is 1.92. The van der Waals surface area contributed by atoms with Crippen LogP contribution < -0.4 is 5.73 Å². The van der Waals surface area contributed by atoms with Gasteiger partial charge in [0.05, 0.1) is 0 Å². The first-order valence-electron chi connectivity index (χ1n) is 5.52. The molecular weight excluding hydrogens is 176 g/mol. The van der Waals surface area contributed by atoms with Crippen molar-refractivity contribution in [3.05, 3.63) is 0 Å². The fourth-order valence-electron chi connectivity index (χ4n) is 2.05. The molecule has 1 amide bonds. The van der Waals surface area contributed by atoms with E-state index in [9.17, 15) is 4.79 Å². The van der Waals surface area contributed by atoms with Crippen LogP contribution in [0.3, 0.4) is 0 Å². The van der Waals surface area contributed by atoms with Gasteiger partial charge in [0.2, 0.25) is 5.91 Å². The van der Waals surface area contributed by atoms with Crippen molar-refractivity contribution < 1.29 is 4.79 Å². The van der Waals surface area contributed by atoms with Gasteiger partial charge in [-0.1, -0.05) is 13.8 Å². The molecule has 3 nitrogen and oxygen atoms in total. The van der Waals surface area contributed by atoms with Crippen molar-refractivity contribution >= 4 is 5.91 Å². The van der Waals surface area contributed by atoms with Gasteiger partial charge in [-0.3, -0.25) is 4.79 Å². The number of nitrogens with two attached hydrogens (primary N) is 1. The molecule has 1 atom stereocenters. The molecule has 1 saturated heterocycles. The molecule has 3 heteroatoms. The number of hydrogen-bond acceptors (Lipinski definition) is 2. The molecule has 0 aromatic carbocycles. The standard InChI is InChI=1S/C11H20N2O/c1-11(2)7-13(6-9(11)12)10(14)5-8-3-4-8/h8-9H,3-7,12H2,1-2H3. The summed E-state index contributed by atoms with van der Waals surface area (Å²) >= 11 is 0. The van der Waals surface area contributed by atoms with Crippen molar-refractivity contribution in [2.24, 2.45) is 17.1 Å². The van der Waals surface area contributed by atoms with Gasteiger partial charge in [-0.05, 0) is 24.2 Å². The molecule has 2 aliphatic rings. The van der Waals surface area contributed by atoms with Crippen molar-refractivity contribution in [1.29, 1.82) is 0 Å². The molecule has 0 aromatic heterocycles. The van der Waals surface area contributed by atoms with E-state index in [0.29, 0.717) is 11.8 Å². The Morgan fingerprint density at radius 3 is 2.57 bits per heavy atom. The summed E-state index contributed by atoms with van der Waals surface area (Å²) in [5, 5.41) is 0.